The van der Waals surface area contributed by atoms with Crippen molar-refractivity contribution in [3.63, 3.8) is 0 Å². The summed E-state index contributed by atoms with van der Waals surface area (Å²) in [6.07, 6.45) is 8.02. The van der Waals surface area contributed by atoms with Crippen molar-refractivity contribution in [2.24, 2.45) is 0 Å². The molecule has 0 aromatic heterocycles. The lowest BCUT2D eigenvalue weighted by atomic mass is 9.80. The van der Waals surface area contributed by atoms with Gasteiger partial charge in [-0.3, -0.25) is 10.1 Å². The molecule has 1 aliphatic rings. The maximum Gasteiger partial charge on any atom is 0.324 e. The molecule has 4 heteroatoms. The third-order valence-electron chi connectivity index (χ3n) is 2.98. The molecular formula is C11H17NO3. The van der Waals surface area contributed by atoms with Crippen LogP contribution in [0.3, 0.4) is 0 Å². The number of hydrogen-bond acceptors (Lipinski definition) is 3. The molecule has 1 fully saturated rings. The highest BCUT2D eigenvalue weighted by Gasteiger charge is 2.42. The Morgan fingerprint density at radius 3 is 3.07 bits per heavy atom. The lowest BCUT2D eigenvalue weighted by Gasteiger charge is -2.37. The van der Waals surface area contributed by atoms with E-state index >= 15 is 0 Å². The smallest absolute Gasteiger partial charge is 0.324 e. The van der Waals surface area contributed by atoms with Crippen LogP contribution in [0, 0.1) is 12.3 Å². The van der Waals surface area contributed by atoms with Crippen LogP contribution in [-0.2, 0) is 9.53 Å². The summed E-state index contributed by atoms with van der Waals surface area (Å²) in [7, 11) is 1.61. The first-order valence-corrected chi connectivity index (χ1v) is 5.09. The van der Waals surface area contributed by atoms with Crippen molar-refractivity contribution in [1.82, 2.24) is 5.32 Å². The van der Waals surface area contributed by atoms with Gasteiger partial charge in [-0.25, -0.2) is 0 Å². The maximum atomic E-state index is 11.3. The Morgan fingerprint density at radius 1 is 1.80 bits per heavy atom. The largest absolute Gasteiger partial charge is 0.480 e. The van der Waals surface area contributed by atoms with Crippen LogP contribution in [0.4, 0.5) is 0 Å². The Bertz CT molecular complexity index is 271. The minimum atomic E-state index is -0.898. The predicted molar refractivity (Wildman–Crippen MR) is 56.5 cm³/mol. The monoisotopic (exact) mass is 211 g/mol. The van der Waals surface area contributed by atoms with E-state index in [0.717, 1.165) is 12.8 Å². The summed E-state index contributed by atoms with van der Waals surface area (Å²) >= 11 is 0. The van der Waals surface area contributed by atoms with E-state index in [2.05, 4.69) is 11.2 Å². The van der Waals surface area contributed by atoms with Gasteiger partial charge < -0.3 is 9.84 Å². The number of terminal acetylenes is 1. The number of carboxylic acids is 1. The molecule has 0 bridgehead atoms. The van der Waals surface area contributed by atoms with E-state index in [1.165, 1.54) is 0 Å². The van der Waals surface area contributed by atoms with Crippen LogP contribution in [0.2, 0.25) is 0 Å². The van der Waals surface area contributed by atoms with Gasteiger partial charge in [-0.1, -0.05) is 5.92 Å². The Kier molecular flexibility index (Phi) is 4.13. The Morgan fingerprint density at radius 2 is 2.53 bits per heavy atom. The van der Waals surface area contributed by atoms with Gasteiger partial charge in [-0.15, -0.1) is 6.42 Å². The summed E-state index contributed by atoms with van der Waals surface area (Å²) in [6, 6.07) is 0. The van der Waals surface area contributed by atoms with Gasteiger partial charge in [0.15, 0.2) is 0 Å². The van der Waals surface area contributed by atoms with Gasteiger partial charge in [0.2, 0.25) is 0 Å². The van der Waals surface area contributed by atoms with Crippen molar-refractivity contribution < 1.29 is 14.6 Å². The maximum absolute atomic E-state index is 11.3. The first-order chi connectivity index (χ1) is 7.14. The summed E-state index contributed by atoms with van der Waals surface area (Å²) in [5.41, 5.74) is -0.898. The zero-order chi connectivity index (χ0) is 11.3. The molecule has 15 heavy (non-hydrogen) atoms. The minimum Gasteiger partial charge on any atom is -0.480 e. The van der Waals surface area contributed by atoms with E-state index in [1.54, 1.807) is 7.11 Å². The van der Waals surface area contributed by atoms with Crippen LogP contribution >= 0.6 is 0 Å². The number of aliphatic carboxylic acids is 1. The normalized spacial score (nSPS) is 30.8. The summed E-state index contributed by atoms with van der Waals surface area (Å²) in [5.74, 6) is 1.58. The third-order valence-corrected chi connectivity index (χ3v) is 2.98. The number of rotatable bonds is 4. The van der Waals surface area contributed by atoms with Crippen molar-refractivity contribution in [3.05, 3.63) is 0 Å². The molecule has 84 valence electrons. The molecular weight excluding hydrogens is 194 g/mol. The van der Waals surface area contributed by atoms with Gasteiger partial charge in [0, 0.05) is 13.5 Å². The number of carboxylic acid groups (broad SMARTS) is 1. The van der Waals surface area contributed by atoms with E-state index in [1.807, 2.05) is 0 Å². The molecule has 4 nitrogen and oxygen atoms in total. The first kappa shape index (κ1) is 12.0. The second-order valence-electron chi connectivity index (χ2n) is 3.90. The van der Waals surface area contributed by atoms with Crippen molar-refractivity contribution in [2.75, 3.05) is 13.7 Å². The fraction of sp³-hybridized carbons (Fsp3) is 0.727. The molecule has 0 radical (unpaired) electrons. The van der Waals surface area contributed by atoms with Crippen LogP contribution < -0.4 is 5.32 Å². The van der Waals surface area contributed by atoms with Gasteiger partial charge in [0.05, 0.1) is 12.6 Å². The molecule has 0 aromatic carbocycles. The molecule has 1 saturated carbocycles. The fourth-order valence-electron chi connectivity index (χ4n) is 2.08. The molecule has 0 saturated heterocycles. The number of hydrogen-bond donors (Lipinski definition) is 2. The molecule has 2 atom stereocenters. The number of ether oxygens (including phenoxy) is 1. The molecule has 2 N–H and O–H groups in total. The zero-order valence-electron chi connectivity index (χ0n) is 8.95. The molecule has 1 aliphatic carbocycles. The van der Waals surface area contributed by atoms with Gasteiger partial charge >= 0.3 is 5.97 Å². The Hall–Kier alpha value is -1.05. The van der Waals surface area contributed by atoms with Crippen molar-refractivity contribution >= 4 is 5.97 Å². The Balaban J connectivity index is 2.72. The van der Waals surface area contributed by atoms with E-state index in [9.17, 15) is 9.90 Å². The first-order valence-electron chi connectivity index (χ1n) is 5.09. The van der Waals surface area contributed by atoms with Crippen LogP contribution in [0.15, 0.2) is 0 Å². The highest BCUT2D eigenvalue weighted by Crippen LogP contribution is 2.30. The SMILES string of the molecule is C#CCNC1(C(=O)O)CCCC(OC)C1. The third kappa shape index (κ3) is 2.71. The lowest BCUT2D eigenvalue weighted by Crippen LogP contribution is -2.56. The molecule has 0 amide bonds. The standard InChI is InChI=1S/C11H17NO3/c1-3-7-12-11(10(13)14)6-4-5-9(8-11)15-2/h1,9,12H,4-8H2,2H3,(H,13,14). The average molecular weight is 211 g/mol. The highest BCUT2D eigenvalue weighted by atomic mass is 16.5. The van der Waals surface area contributed by atoms with E-state index < -0.39 is 11.5 Å². The van der Waals surface area contributed by atoms with E-state index in [0.29, 0.717) is 12.8 Å². The van der Waals surface area contributed by atoms with E-state index in [-0.39, 0.29) is 12.6 Å². The summed E-state index contributed by atoms with van der Waals surface area (Å²) < 4.78 is 5.22. The molecule has 0 heterocycles. The quantitative estimate of drug-likeness (QED) is 0.669. The van der Waals surface area contributed by atoms with Crippen molar-refractivity contribution in [1.29, 1.82) is 0 Å². The second-order valence-corrected chi connectivity index (χ2v) is 3.90. The van der Waals surface area contributed by atoms with E-state index in [4.69, 9.17) is 11.2 Å². The van der Waals surface area contributed by atoms with Crippen LogP contribution in [0.5, 0.6) is 0 Å². The van der Waals surface area contributed by atoms with Crippen molar-refractivity contribution in [3.8, 4) is 12.3 Å². The number of nitrogens with one attached hydrogen (secondary N) is 1. The Labute approximate surface area is 90.0 Å². The topological polar surface area (TPSA) is 58.6 Å². The fourth-order valence-corrected chi connectivity index (χ4v) is 2.08. The molecule has 0 aliphatic heterocycles. The number of methoxy groups -OCH3 is 1. The molecule has 2 unspecified atom stereocenters. The van der Waals surface area contributed by atoms with Gasteiger partial charge in [0.25, 0.3) is 0 Å². The highest BCUT2D eigenvalue weighted by molar-refractivity contribution is 5.79. The number of carbonyl (C=O) groups is 1. The second kappa shape index (κ2) is 5.15. The van der Waals surface area contributed by atoms with Crippen LogP contribution in [0.25, 0.3) is 0 Å². The zero-order valence-corrected chi connectivity index (χ0v) is 8.95. The molecule has 0 spiro atoms. The average Bonchev–Trinajstić information content (AvgIpc) is 2.26. The minimum absolute atomic E-state index is 0.0140. The molecule has 1 rings (SSSR count). The summed E-state index contributed by atoms with van der Waals surface area (Å²) in [5, 5.41) is 12.2. The van der Waals surface area contributed by atoms with Gasteiger partial charge in [0.1, 0.15) is 5.54 Å². The lowest BCUT2D eigenvalue weighted by molar-refractivity contribution is -0.148. The van der Waals surface area contributed by atoms with Crippen LogP contribution in [-0.4, -0.2) is 36.4 Å². The van der Waals surface area contributed by atoms with Gasteiger partial charge in [-0.2, -0.15) is 0 Å². The van der Waals surface area contributed by atoms with Crippen molar-refractivity contribution in [2.45, 2.75) is 37.3 Å². The van der Waals surface area contributed by atoms with Crippen LogP contribution in [0.1, 0.15) is 25.7 Å². The summed E-state index contributed by atoms with van der Waals surface area (Å²) in [4.78, 5) is 11.3. The van der Waals surface area contributed by atoms with Gasteiger partial charge in [-0.05, 0) is 19.3 Å². The predicted octanol–water partition coefficient (Wildman–Crippen LogP) is 0.622. The summed E-state index contributed by atoms with van der Waals surface area (Å²) in [6.45, 7) is 0.280. The molecule has 0 aromatic rings.